The van der Waals surface area contributed by atoms with Crippen LogP contribution in [0.4, 0.5) is 0 Å². The van der Waals surface area contributed by atoms with E-state index < -0.39 is 11.4 Å². The molecule has 1 N–H and O–H groups in total. The number of hydrogen-bond acceptors (Lipinski definition) is 2. The first-order valence-electron chi connectivity index (χ1n) is 6.95. The van der Waals surface area contributed by atoms with Crippen molar-refractivity contribution in [3.63, 3.8) is 0 Å². The van der Waals surface area contributed by atoms with Gasteiger partial charge in [0, 0.05) is 6.04 Å². The summed E-state index contributed by atoms with van der Waals surface area (Å²) in [5.74, 6) is -0.677. The van der Waals surface area contributed by atoms with Crippen LogP contribution in [0.1, 0.15) is 59.3 Å². The second kappa shape index (κ2) is 6.39. The van der Waals surface area contributed by atoms with Gasteiger partial charge in [-0.2, -0.15) is 0 Å². The van der Waals surface area contributed by atoms with E-state index in [9.17, 15) is 4.79 Å². The molecule has 0 spiro atoms. The zero-order chi connectivity index (χ0) is 12.9. The van der Waals surface area contributed by atoms with E-state index in [0.717, 1.165) is 25.4 Å². The lowest BCUT2D eigenvalue weighted by Crippen LogP contribution is -2.30. The average molecular weight is 241 g/mol. The van der Waals surface area contributed by atoms with Crippen molar-refractivity contribution in [3.8, 4) is 0 Å². The Morgan fingerprint density at radius 2 is 1.88 bits per heavy atom. The Kier molecular flexibility index (Phi) is 5.44. The fourth-order valence-corrected chi connectivity index (χ4v) is 2.11. The van der Waals surface area contributed by atoms with Gasteiger partial charge in [0.2, 0.25) is 0 Å². The Bertz CT molecular complexity index is 247. The highest BCUT2D eigenvalue weighted by molar-refractivity contribution is 5.73. The highest BCUT2D eigenvalue weighted by atomic mass is 16.4. The second-order valence-electron chi connectivity index (χ2n) is 5.91. The highest BCUT2D eigenvalue weighted by Crippen LogP contribution is 2.29. The Hall–Kier alpha value is -0.570. The van der Waals surface area contributed by atoms with Crippen LogP contribution in [0.25, 0.3) is 0 Å². The van der Waals surface area contributed by atoms with Crippen molar-refractivity contribution in [2.75, 3.05) is 13.1 Å². The van der Waals surface area contributed by atoms with Gasteiger partial charge in [-0.3, -0.25) is 4.79 Å². The maximum Gasteiger partial charge on any atom is 0.309 e. The third-order valence-electron chi connectivity index (χ3n) is 3.69. The third-order valence-corrected chi connectivity index (χ3v) is 3.69. The molecule has 0 unspecified atom stereocenters. The van der Waals surface area contributed by atoms with Crippen molar-refractivity contribution in [1.82, 2.24) is 4.90 Å². The van der Waals surface area contributed by atoms with E-state index in [4.69, 9.17) is 5.11 Å². The van der Waals surface area contributed by atoms with Crippen LogP contribution in [0, 0.1) is 5.41 Å². The first-order valence-corrected chi connectivity index (χ1v) is 6.95. The van der Waals surface area contributed by atoms with Crippen molar-refractivity contribution in [1.29, 1.82) is 0 Å². The zero-order valence-electron chi connectivity index (χ0n) is 11.5. The lowest BCUT2D eigenvalue weighted by Gasteiger charge is -2.24. The van der Waals surface area contributed by atoms with E-state index in [1.54, 1.807) is 0 Å². The van der Waals surface area contributed by atoms with Gasteiger partial charge in [-0.05, 0) is 59.0 Å². The Morgan fingerprint density at radius 3 is 2.35 bits per heavy atom. The van der Waals surface area contributed by atoms with Crippen molar-refractivity contribution >= 4 is 5.97 Å². The van der Waals surface area contributed by atoms with Crippen LogP contribution in [0.5, 0.6) is 0 Å². The van der Waals surface area contributed by atoms with Crippen molar-refractivity contribution in [2.45, 2.75) is 65.3 Å². The molecule has 0 bridgehead atoms. The summed E-state index contributed by atoms with van der Waals surface area (Å²) in [6.07, 6.45) is 6.96. The molecule has 1 aliphatic rings. The molecule has 0 aromatic carbocycles. The molecule has 1 fully saturated rings. The maximum absolute atomic E-state index is 11.0. The number of nitrogens with zero attached hydrogens (tertiary/aromatic N) is 1. The molecular formula is C14H27NO2. The van der Waals surface area contributed by atoms with Gasteiger partial charge in [-0.15, -0.1) is 0 Å². The van der Waals surface area contributed by atoms with Crippen LogP contribution in [-0.4, -0.2) is 35.1 Å². The molecule has 0 atom stereocenters. The molecule has 0 radical (unpaired) electrons. The highest BCUT2D eigenvalue weighted by Gasteiger charge is 2.30. The summed E-state index contributed by atoms with van der Waals surface area (Å²) in [6, 6.07) is 0.800. The largest absolute Gasteiger partial charge is 0.481 e. The quantitative estimate of drug-likeness (QED) is 0.674. The van der Waals surface area contributed by atoms with E-state index in [-0.39, 0.29) is 0 Å². The van der Waals surface area contributed by atoms with E-state index in [1.807, 2.05) is 13.8 Å². The number of aliphatic carboxylic acids is 1. The van der Waals surface area contributed by atoms with Gasteiger partial charge in [-0.25, -0.2) is 0 Å². The normalized spacial score (nSPS) is 16.5. The van der Waals surface area contributed by atoms with E-state index >= 15 is 0 Å². The zero-order valence-corrected chi connectivity index (χ0v) is 11.5. The van der Waals surface area contributed by atoms with Crippen LogP contribution in [-0.2, 0) is 4.79 Å². The first-order chi connectivity index (χ1) is 7.97. The molecule has 0 aliphatic heterocycles. The number of hydrogen-bond donors (Lipinski definition) is 1. The van der Waals surface area contributed by atoms with Gasteiger partial charge in [-0.1, -0.05) is 13.3 Å². The number of carboxylic acids is 1. The van der Waals surface area contributed by atoms with Crippen molar-refractivity contribution in [3.05, 3.63) is 0 Å². The molecule has 0 amide bonds. The fourth-order valence-electron chi connectivity index (χ4n) is 2.11. The molecule has 17 heavy (non-hydrogen) atoms. The average Bonchev–Trinajstić information content (AvgIpc) is 3.06. The molecule has 1 aliphatic carbocycles. The van der Waals surface area contributed by atoms with Crippen LogP contribution >= 0.6 is 0 Å². The molecule has 3 nitrogen and oxygen atoms in total. The minimum Gasteiger partial charge on any atom is -0.481 e. The smallest absolute Gasteiger partial charge is 0.309 e. The lowest BCUT2D eigenvalue weighted by molar-refractivity contribution is -0.147. The molecule has 0 heterocycles. The van der Waals surface area contributed by atoms with Gasteiger partial charge >= 0.3 is 5.97 Å². The SMILES string of the molecule is CCCCN(CCCC(C)(C)C(=O)O)C1CC1. The summed E-state index contributed by atoms with van der Waals surface area (Å²) in [5.41, 5.74) is -0.569. The van der Waals surface area contributed by atoms with E-state index in [2.05, 4.69) is 11.8 Å². The van der Waals surface area contributed by atoms with Crippen molar-refractivity contribution in [2.24, 2.45) is 5.41 Å². The van der Waals surface area contributed by atoms with Crippen LogP contribution in [0.3, 0.4) is 0 Å². The summed E-state index contributed by atoms with van der Waals surface area (Å²) in [6.45, 7) is 8.13. The molecule has 1 rings (SSSR count). The maximum atomic E-state index is 11.0. The Labute approximate surface area is 105 Å². The second-order valence-corrected chi connectivity index (χ2v) is 5.91. The summed E-state index contributed by atoms with van der Waals surface area (Å²) in [5, 5.41) is 9.06. The lowest BCUT2D eigenvalue weighted by atomic mass is 9.88. The minimum atomic E-state index is -0.677. The number of unbranched alkanes of at least 4 members (excludes halogenated alkanes) is 1. The van der Waals surface area contributed by atoms with Crippen LogP contribution in [0.15, 0.2) is 0 Å². The molecular weight excluding hydrogens is 214 g/mol. The molecule has 3 heteroatoms. The van der Waals surface area contributed by atoms with Crippen LogP contribution < -0.4 is 0 Å². The van der Waals surface area contributed by atoms with Gasteiger partial charge in [0.05, 0.1) is 5.41 Å². The van der Waals surface area contributed by atoms with Crippen molar-refractivity contribution < 1.29 is 9.90 Å². The molecule has 0 aromatic heterocycles. The summed E-state index contributed by atoms with van der Waals surface area (Å²) < 4.78 is 0. The van der Waals surface area contributed by atoms with Gasteiger partial charge in [0.1, 0.15) is 0 Å². The summed E-state index contributed by atoms with van der Waals surface area (Å²) in [7, 11) is 0. The number of carboxylic acid groups (broad SMARTS) is 1. The first kappa shape index (κ1) is 14.5. The summed E-state index contributed by atoms with van der Waals surface area (Å²) in [4.78, 5) is 13.6. The van der Waals surface area contributed by atoms with Gasteiger partial charge in [0.25, 0.3) is 0 Å². The number of carbonyl (C=O) groups is 1. The molecule has 0 aromatic rings. The predicted octanol–water partition coefficient (Wildman–Crippen LogP) is 3.14. The topological polar surface area (TPSA) is 40.5 Å². The fraction of sp³-hybridized carbons (Fsp3) is 0.929. The van der Waals surface area contributed by atoms with Crippen LogP contribution in [0.2, 0.25) is 0 Å². The summed E-state index contributed by atoms with van der Waals surface area (Å²) >= 11 is 0. The predicted molar refractivity (Wildman–Crippen MR) is 70.2 cm³/mol. The van der Waals surface area contributed by atoms with Gasteiger partial charge in [0.15, 0.2) is 0 Å². The standard InChI is InChI=1S/C14H27NO2/c1-4-5-10-15(12-7-8-12)11-6-9-14(2,3)13(16)17/h12H,4-11H2,1-3H3,(H,16,17). The van der Waals surface area contributed by atoms with Gasteiger partial charge < -0.3 is 10.0 Å². The molecule has 0 saturated heterocycles. The minimum absolute atomic E-state index is 0.569. The monoisotopic (exact) mass is 241 g/mol. The third kappa shape index (κ3) is 5.07. The Balaban J connectivity index is 2.24. The molecule has 100 valence electrons. The molecule has 1 saturated carbocycles. The van der Waals surface area contributed by atoms with E-state index in [0.29, 0.717) is 0 Å². The Morgan fingerprint density at radius 1 is 1.29 bits per heavy atom. The van der Waals surface area contributed by atoms with E-state index in [1.165, 1.54) is 32.2 Å². The number of rotatable bonds is 9.